The highest BCUT2D eigenvalue weighted by Crippen LogP contribution is 2.29. The third-order valence-corrected chi connectivity index (χ3v) is 4.20. The molecule has 0 amide bonds. The molecule has 0 N–H and O–H groups in total. The van der Waals surface area contributed by atoms with Gasteiger partial charge in [0.15, 0.2) is 0 Å². The normalized spacial score (nSPS) is 28.1. The first-order valence-corrected chi connectivity index (χ1v) is 6.91. The number of nitrogens with zero attached hydrogens (tertiary/aromatic N) is 1. The summed E-state index contributed by atoms with van der Waals surface area (Å²) in [5.74, 6) is 2.55. The Balaban J connectivity index is 1.56. The van der Waals surface area contributed by atoms with E-state index in [2.05, 4.69) is 23.1 Å². The molecule has 3 rings (SSSR count). The minimum atomic E-state index is 0.335. The second-order valence-electron chi connectivity index (χ2n) is 5.12. The van der Waals surface area contributed by atoms with Gasteiger partial charge < -0.3 is 4.74 Å². The average molecular weight is 252 g/mol. The number of para-hydroxylation sites is 1. The van der Waals surface area contributed by atoms with Gasteiger partial charge in [0.1, 0.15) is 11.9 Å². The Morgan fingerprint density at radius 2 is 2.24 bits per heavy atom. The summed E-state index contributed by atoms with van der Waals surface area (Å²) in [5.41, 5.74) is 1.35. The van der Waals surface area contributed by atoms with Crippen LogP contribution in [0.25, 0.3) is 0 Å². The molecule has 0 bridgehead atoms. The Hall–Kier alpha value is -0.730. The van der Waals surface area contributed by atoms with Crippen molar-refractivity contribution >= 4 is 11.6 Å². The molecule has 2 aliphatic heterocycles. The predicted molar refractivity (Wildman–Crippen MR) is 69.8 cm³/mol. The van der Waals surface area contributed by atoms with E-state index in [1.54, 1.807) is 0 Å². The number of ether oxygens (including phenoxy) is 1. The van der Waals surface area contributed by atoms with Gasteiger partial charge in [-0.15, -0.1) is 11.6 Å². The third kappa shape index (κ3) is 2.43. The van der Waals surface area contributed by atoms with Gasteiger partial charge in [-0.2, -0.15) is 0 Å². The second-order valence-corrected chi connectivity index (χ2v) is 5.43. The van der Waals surface area contributed by atoms with Crippen molar-refractivity contribution in [2.75, 3.05) is 25.5 Å². The van der Waals surface area contributed by atoms with E-state index < -0.39 is 0 Å². The summed E-state index contributed by atoms with van der Waals surface area (Å²) in [6.45, 7) is 3.36. The molecule has 0 radical (unpaired) electrons. The van der Waals surface area contributed by atoms with Crippen LogP contribution in [-0.2, 0) is 6.42 Å². The molecule has 1 aromatic rings. The lowest BCUT2D eigenvalue weighted by molar-refractivity contribution is 0.166. The smallest absolute Gasteiger partial charge is 0.123 e. The van der Waals surface area contributed by atoms with Crippen LogP contribution in [-0.4, -0.2) is 36.5 Å². The van der Waals surface area contributed by atoms with Crippen molar-refractivity contribution in [1.82, 2.24) is 4.90 Å². The van der Waals surface area contributed by atoms with E-state index >= 15 is 0 Å². The monoisotopic (exact) mass is 251 g/mol. The Morgan fingerprint density at radius 3 is 3.00 bits per heavy atom. The number of hydrogen-bond donors (Lipinski definition) is 0. The van der Waals surface area contributed by atoms with Gasteiger partial charge in [-0.05, 0) is 30.5 Å². The highest BCUT2D eigenvalue weighted by molar-refractivity contribution is 6.18. The molecule has 0 aliphatic carbocycles. The van der Waals surface area contributed by atoms with Crippen molar-refractivity contribution < 1.29 is 4.74 Å². The van der Waals surface area contributed by atoms with Crippen molar-refractivity contribution in [3.63, 3.8) is 0 Å². The van der Waals surface area contributed by atoms with Crippen LogP contribution in [0.5, 0.6) is 5.75 Å². The van der Waals surface area contributed by atoms with Gasteiger partial charge in [0.25, 0.3) is 0 Å². The van der Waals surface area contributed by atoms with Gasteiger partial charge in [0.2, 0.25) is 0 Å². The molecule has 0 saturated carbocycles. The van der Waals surface area contributed by atoms with Crippen LogP contribution < -0.4 is 4.74 Å². The zero-order valence-corrected chi connectivity index (χ0v) is 10.7. The molecule has 17 heavy (non-hydrogen) atoms. The Bertz CT molecular complexity index is 371. The van der Waals surface area contributed by atoms with Gasteiger partial charge in [-0.3, -0.25) is 4.90 Å². The minimum absolute atomic E-state index is 0.335. The first kappa shape index (κ1) is 11.4. The van der Waals surface area contributed by atoms with Crippen LogP contribution in [0, 0.1) is 5.92 Å². The van der Waals surface area contributed by atoms with E-state index in [1.807, 2.05) is 6.07 Å². The molecule has 0 spiro atoms. The fourth-order valence-corrected chi connectivity index (χ4v) is 3.10. The summed E-state index contributed by atoms with van der Waals surface area (Å²) in [7, 11) is 0. The first-order chi connectivity index (χ1) is 8.35. The third-order valence-electron chi connectivity index (χ3n) is 3.76. The van der Waals surface area contributed by atoms with Gasteiger partial charge >= 0.3 is 0 Å². The summed E-state index contributed by atoms with van der Waals surface area (Å²) >= 11 is 5.90. The highest BCUT2D eigenvalue weighted by atomic mass is 35.5. The lowest BCUT2D eigenvalue weighted by Gasteiger charge is -2.20. The number of benzene rings is 1. The average Bonchev–Trinajstić information content (AvgIpc) is 2.94. The lowest BCUT2D eigenvalue weighted by atomic mass is 10.1. The Kier molecular flexibility index (Phi) is 3.26. The molecule has 1 fully saturated rings. The van der Waals surface area contributed by atoms with Crippen molar-refractivity contribution in [3.8, 4) is 5.75 Å². The largest absolute Gasteiger partial charge is 0.488 e. The molecule has 1 aromatic carbocycles. The van der Waals surface area contributed by atoms with Gasteiger partial charge in [-0.1, -0.05) is 18.2 Å². The van der Waals surface area contributed by atoms with E-state index in [0.717, 1.165) is 31.1 Å². The fourth-order valence-electron chi connectivity index (χ4n) is 2.85. The fraction of sp³-hybridized carbons (Fsp3) is 0.571. The minimum Gasteiger partial charge on any atom is -0.488 e. The number of likely N-dealkylation sites (tertiary alicyclic amines) is 1. The number of hydrogen-bond acceptors (Lipinski definition) is 2. The maximum absolute atomic E-state index is 5.96. The number of halogens is 1. The van der Waals surface area contributed by atoms with E-state index in [1.165, 1.54) is 18.5 Å². The molecular formula is C14H18ClNO. The van der Waals surface area contributed by atoms with Crippen molar-refractivity contribution in [2.45, 2.75) is 18.9 Å². The van der Waals surface area contributed by atoms with Crippen molar-refractivity contribution in [3.05, 3.63) is 29.8 Å². The number of alkyl halides is 1. The zero-order valence-electron chi connectivity index (χ0n) is 9.94. The maximum atomic E-state index is 5.96. The molecule has 2 unspecified atom stereocenters. The molecule has 0 aromatic heterocycles. The SMILES string of the molecule is ClCC1CCN(CC2Cc3ccccc3O2)C1. The topological polar surface area (TPSA) is 12.5 Å². The van der Waals surface area contributed by atoms with Gasteiger partial charge in [0.05, 0.1) is 0 Å². The second kappa shape index (κ2) is 4.87. The summed E-state index contributed by atoms with van der Waals surface area (Å²) in [5, 5.41) is 0. The standard InChI is InChI=1S/C14H18ClNO/c15-8-11-5-6-16(9-11)10-13-7-12-3-1-2-4-14(12)17-13/h1-4,11,13H,5-10H2. The molecule has 2 nitrogen and oxygen atoms in total. The van der Waals surface area contributed by atoms with Crippen LogP contribution in [0.3, 0.4) is 0 Å². The van der Waals surface area contributed by atoms with E-state index in [4.69, 9.17) is 16.3 Å². The molecule has 92 valence electrons. The molecule has 2 aliphatic rings. The first-order valence-electron chi connectivity index (χ1n) is 6.38. The molecule has 2 heterocycles. The van der Waals surface area contributed by atoms with Crippen LogP contribution in [0.15, 0.2) is 24.3 Å². The van der Waals surface area contributed by atoms with Crippen LogP contribution in [0.2, 0.25) is 0 Å². The molecule has 3 heteroatoms. The molecular weight excluding hydrogens is 234 g/mol. The van der Waals surface area contributed by atoms with Crippen LogP contribution in [0.4, 0.5) is 0 Å². The Morgan fingerprint density at radius 1 is 1.35 bits per heavy atom. The maximum Gasteiger partial charge on any atom is 0.123 e. The van der Waals surface area contributed by atoms with Crippen molar-refractivity contribution in [1.29, 1.82) is 0 Å². The van der Waals surface area contributed by atoms with Gasteiger partial charge in [-0.25, -0.2) is 0 Å². The van der Waals surface area contributed by atoms with Gasteiger partial charge in [0, 0.05) is 25.4 Å². The van der Waals surface area contributed by atoms with E-state index in [0.29, 0.717) is 12.0 Å². The zero-order chi connectivity index (χ0) is 11.7. The molecule has 1 saturated heterocycles. The van der Waals surface area contributed by atoms with Crippen molar-refractivity contribution in [2.24, 2.45) is 5.92 Å². The summed E-state index contributed by atoms with van der Waals surface area (Å²) < 4.78 is 5.96. The number of fused-ring (bicyclic) bond motifs is 1. The Labute approximate surface area is 108 Å². The van der Waals surface area contributed by atoms with E-state index in [9.17, 15) is 0 Å². The van der Waals surface area contributed by atoms with Crippen LogP contribution in [0.1, 0.15) is 12.0 Å². The summed E-state index contributed by atoms with van der Waals surface area (Å²) in [4.78, 5) is 2.49. The highest BCUT2D eigenvalue weighted by Gasteiger charge is 2.28. The number of rotatable bonds is 3. The van der Waals surface area contributed by atoms with E-state index in [-0.39, 0.29) is 0 Å². The predicted octanol–water partition coefficient (Wildman–Crippen LogP) is 2.55. The lowest BCUT2D eigenvalue weighted by Crippen LogP contribution is -2.33. The molecule has 2 atom stereocenters. The quantitative estimate of drug-likeness (QED) is 0.766. The summed E-state index contributed by atoms with van der Waals surface area (Å²) in [6, 6.07) is 8.37. The van der Waals surface area contributed by atoms with Crippen LogP contribution >= 0.6 is 11.6 Å². The summed E-state index contributed by atoms with van der Waals surface area (Å²) in [6.07, 6.45) is 2.63.